The molecule has 134 valence electrons. The van der Waals surface area contributed by atoms with E-state index in [1.54, 1.807) is 44.3 Å². The van der Waals surface area contributed by atoms with Gasteiger partial charge in [-0.1, -0.05) is 0 Å². The fourth-order valence-corrected chi connectivity index (χ4v) is 3.24. The normalized spacial score (nSPS) is 11.9. The van der Waals surface area contributed by atoms with Gasteiger partial charge in [-0.25, -0.2) is 9.07 Å². The first-order chi connectivity index (χ1) is 12.7. The molecule has 0 aliphatic rings. The van der Waals surface area contributed by atoms with E-state index >= 15 is 0 Å². The number of aromatic nitrogens is 1. The Labute approximate surface area is 154 Å². The molecular formula is C19H18FN3O2S. The second-order valence-corrected chi connectivity index (χ2v) is 6.14. The highest BCUT2D eigenvalue weighted by molar-refractivity contribution is 7.07. The van der Waals surface area contributed by atoms with Crippen LogP contribution in [0.3, 0.4) is 0 Å². The van der Waals surface area contributed by atoms with E-state index in [9.17, 15) is 4.39 Å². The number of benzene rings is 2. The first-order valence-corrected chi connectivity index (χ1v) is 8.70. The van der Waals surface area contributed by atoms with Crippen molar-refractivity contribution in [3.63, 3.8) is 0 Å². The fraction of sp³-hybridized carbons (Fsp3) is 0.158. The lowest BCUT2D eigenvalue weighted by Crippen LogP contribution is -2.11. The Morgan fingerprint density at radius 1 is 1.04 bits per heavy atom. The summed E-state index contributed by atoms with van der Waals surface area (Å²) in [6, 6.07) is 11.9. The van der Waals surface area contributed by atoms with Crippen molar-refractivity contribution in [3.8, 4) is 22.8 Å². The van der Waals surface area contributed by atoms with Crippen LogP contribution < -0.4 is 14.3 Å². The van der Waals surface area contributed by atoms with Crippen molar-refractivity contribution in [2.24, 2.45) is 10.1 Å². The molecule has 0 spiro atoms. The van der Waals surface area contributed by atoms with Crippen molar-refractivity contribution in [2.45, 2.75) is 0 Å². The molecule has 0 amide bonds. The summed E-state index contributed by atoms with van der Waals surface area (Å²) in [7, 11) is 4.90. The van der Waals surface area contributed by atoms with Crippen molar-refractivity contribution in [3.05, 3.63) is 64.0 Å². The maximum atomic E-state index is 13.2. The number of halogens is 1. The predicted molar refractivity (Wildman–Crippen MR) is 102 cm³/mol. The van der Waals surface area contributed by atoms with Crippen LogP contribution in [-0.2, 0) is 0 Å². The first kappa shape index (κ1) is 17.9. The molecule has 0 fully saturated rings. The highest BCUT2D eigenvalue weighted by Gasteiger charge is 2.08. The van der Waals surface area contributed by atoms with E-state index in [0.717, 1.165) is 21.6 Å². The van der Waals surface area contributed by atoms with E-state index in [1.807, 2.05) is 23.6 Å². The smallest absolute Gasteiger partial charge is 0.205 e. The first-order valence-electron chi connectivity index (χ1n) is 7.82. The molecule has 3 aromatic rings. The summed E-state index contributed by atoms with van der Waals surface area (Å²) in [5.74, 6) is 1.01. The summed E-state index contributed by atoms with van der Waals surface area (Å²) in [6.45, 7) is 0. The van der Waals surface area contributed by atoms with Crippen LogP contribution in [0.25, 0.3) is 11.3 Å². The number of ether oxygens (including phenoxy) is 2. The minimum atomic E-state index is -0.273. The Morgan fingerprint density at radius 2 is 1.77 bits per heavy atom. The third kappa shape index (κ3) is 3.67. The van der Waals surface area contributed by atoms with Gasteiger partial charge in [-0.05, 0) is 48.0 Å². The van der Waals surface area contributed by atoms with Crippen LogP contribution in [0.2, 0.25) is 0 Å². The molecule has 3 rings (SSSR count). The highest BCUT2D eigenvalue weighted by atomic mass is 32.1. The zero-order chi connectivity index (χ0) is 18.5. The molecule has 5 nitrogen and oxygen atoms in total. The second kappa shape index (κ2) is 7.97. The Bertz CT molecular complexity index is 991. The molecule has 2 aromatic carbocycles. The fourth-order valence-electron chi connectivity index (χ4n) is 2.44. The highest BCUT2D eigenvalue weighted by Crippen LogP contribution is 2.27. The summed E-state index contributed by atoms with van der Waals surface area (Å²) in [5, 5.41) is 6.50. The van der Waals surface area contributed by atoms with Gasteiger partial charge in [-0.2, -0.15) is 5.10 Å². The molecule has 1 heterocycles. The van der Waals surface area contributed by atoms with E-state index in [0.29, 0.717) is 11.5 Å². The number of hydrogen-bond donors (Lipinski definition) is 0. The van der Waals surface area contributed by atoms with Crippen molar-refractivity contribution >= 4 is 17.6 Å². The van der Waals surface area contributed by atoms with E-state index in [2.05, 4.69) is 10.1 Å². The number of thiazole rings is 1. The molecule has 0 aliphatic carbocycles. The van der Waals surface area contributed by atoms with Gasteiger partial charge in [0.2, 0.25) is 4.80 Å². The maximum absolute atomic E-state index is 13.2. The zero-order valence-electron chi connectivity index (χ0n) is 14.6. The Hall–Kier alpha value is -2.93. The Kier molecular flexibility index (Phi) is 5.48. The number of hydrogen-bond acceptors (Lipinski definition) is 5. The summed E-state index contributed by atoms with van der Waals surface area (Å²) in [4.78, 5) is 4.99. The lowest BCUT2D eigenvalue weighted by Gasteiger charge is -2.07. The molecule has 0 saturated carbocycles. The average molecular weight is 371 g/mol. The molecule has 0 saturated heterocycles. The van der Waals surface area contributed by atoms with Crippen LogP contribution in [-0.4, -0.2) is 32.2 Å². The molecule has 0 atom stereocenters. The zero-order valence-corrected chi connectivity index (χ0v) is 15.5. The van der Waals surface area contributed by atoms with Gasteiger partial charge in [0.15, 0.2) is 11.5 Å². The van der Waals surface area contributed by atoms with Crippen molar-refractivity contribution in [1.29, 1.82) is 0 Å². The van der Waals surface area contributed by atoms with Gasteiger partial charge in [0.25, 0.3) is 0 Å². The molecule has 26 heavy (non-hydrogen) atoms. The summed E-state index contributed by atoms with van der Waals surface area (Å²) < 4.78 is 25.5. The van der Waals surface area contributed by atoms with Crippen LogP contribution in [0, 0.1) is 5.82 Å². The number of rotatable bonds is 5. The van der Waals surface area contributed by atoms with Gasteiger partial charge in [-0.15, -0.1) is 11.3 Å². The van der Waals surface area contributed by atoms with E-state index in [4.69, 9.17) is 9.47 Å². The van der Waals surface area contributed by atoms with E-state index < -0.39 is 0 Å². The summed E-state index contributed by atoms with van der Waals surface area (Å²) >= 11 is 1.47. The molecule has 1 aromatic heterocycles. The van der Waals surface area contributed by atoms with Crippen LogP contribution in [0.15, 0.2) is 57.9 Å². The molecule has 7 heteroatoms. The van der Waals surface area contributed by atoms with Crippen molar-refractivity contribution in [1.82, 2.24) is 4.68 Å². The second-order valence-electron chi connectivity index (χ2n) is 5.30. The van der Waals surface area contributed by atoms with Gasteiger partial charge >= 0.3 is 0 Å². The lowest BCUT2D eigenvalue weighted by atomic mass is 10.2. The van der Waals surface area contributed by atoms with Crippen LogP contribution in [0.1, 0.15) is 5.56 Å². The van der Waals surface area contributed by atoms with Crippen LogP contribution >= 0.6 is 11.3 Å². The van der Waals surface area contributed by atoms with Gasteiger partial charge in [0.05, 0.1) is 26.1 Å². The minimum Gasteiger partial charge on any atom is -0.493 e. The minimum absolute atomic E-state index is 0.273. The number of nitrogens with zero attached hydrogens (tertiary/aromatic N) is 3. The van der Waals surface area contributed by atoms with Crippen molar-refractivity contribution in [2.75, 3.05) is 21.3 Å². The lowest BCUT2D eigenvalue weighted by molar-refractivity contribution is 0.355. The summed E-state index contributed by atoms with van der Waals surface area (Å²) in [5.41, 5.74) is 2.56. The Balaban J connectivity index is 2.01. The van der Waals surface area contributed by atoms with Crippen molar-refractivity contribution < 1.29 is 13.9 Å². The third-order valence-electron chi connectivity index (χ3n) is 3.75. The molecule has 0 N–H and O–H groups in total. The number of methoxy groups -OCH3 is 2. The molecule has 0 bridgehead atoms. The van der Waals surface area contributed by atoms with Crippen LogP contribution in [0.4, 0.5) is 4.39 Å². The topological polar surface area (TPSA) is 48.1 Å². The molecule has 0 unspecified atom stereocenters. The predicted octanol–water partition coefficient (Wildman–Crippen LogP) is 3.79. The monoisotopic (exact) mass is 371 g/mol. The third-order valence-corrected chi connectivity index (χ3v) is 4.65. The largest absolute Gasteiger partial charge is 0.493 e. The van der Waals surface area contributed by atoms with E-state index in [1.165, 1.54) is 23.5 Å². The maximum Gasteiger partial charge on any atom is 0.205 e. The van der Waals surface area contributed by atoms with Crippen LogP contribution in [0.5, 0.6) is 11.5 Å². The van der Waals surface area contributed by atoms with Gasteiger partial charge < -0.3 is 9.47 Å². The summed E-state index contributed by atoms with van der Waals surface area (Å²) in [6.07, 6.45) is 1.72. The van der Waals surface area contributed by atoms with Gasteiger partial charge in [-0.3, -0.25) is 4.99 Å². The molecule has 0 aliphatic heterocycles. The SMILES string of the molecule is CN=c1scc(-c2ccc(F)cc2)n1N=Cc1ccc(OC)c(OC)c1. The van der Waals surface area contributed by atoms with E-state index in [-0.39, 0.29) is 5.82 Å². The Morgan fingerprint density at radius 3 is 2.42 bits per heavy atom. The quantitative estimate of drug-likeness (QED) is 0.641. The average Bonchev–Trinajstić information content (AvgIpc) is 3.09. The van der Waals surface area contributed by atoms with Gasteiger partial charge in [0.1, 0.15) is 5.82 Å². The molecular weight excluding hydrogens is 353 g/mol. The standard InChI is InChI=1S/C19H18FN3O2S/c1-21-19-23(16(12-26-19)14-5-7-15(20)8-6-14)22-11-13-4-9-17(24-2)18(10-13)25-3/h4-12H,1-3H3. The van der Waals surface area contributed by atoms with Gasteiger partial charge in [0, 0.05) is 18.0 Å². The molecule has 0 radical (unpaired) electrons.